The van der Waals surface area contributed by atoms with E-state index in [0.29, 0.717) is 0 Å². The lowest BCUT2D eigenvalue weighted by molar-refractivity contribution is -0.274. The number of halogens is 6. The van der Waals surface area contributed by atoms with Crippen molar-refractivity contribution in [3.05, 3.63) is 53.6 Å². The van der Waals surface area contributed by atoms with Gasteiger partial charge in [-0.2, -0.15) is 13.2 Å². The lowest BCUT2D eigenvalue weighted by Crippen LogP contribution is -2.30. The number of alkyl halides is 6. The van der Waals surface area contributed by atoms with E-state index < -0.39 is 35.9 Å². The molecule has 0 aromatic heterocycles. The van der Waals surface area contributed by atoms with Gasteiger partial charge in [-0.3, -0.25) is 4.79 Å². The summed E-state index contributed by atoms with van der Waals surface area (Å²) in [5.74, 6) is -1.32. The quantitative estimate of drug-likeness (QED) is 0.774. The van der Waals surface area contributed by atoms with Crippen molar-refractivity contribution >= 4 is 11.6 Å². The molecule has 0 aliphatic carbocycles. The van der Waals surface area contributed by atoms with Crippen LogP contribution in [0.4, 0.5) is 32.0 Å². The molecule has 138 valence electrons. The fraction of sp³-hybridized carbons (Fsp3) is 0.188. The number of carbonyl (C=O) groups is 1. The van der Waals surface area contributed by atoms with Crippen molar-refractivity contribution in [3.8, 4) is 11.5 Å². The lowest BCUT2D eigenvalue weighted by atomic mass is 10.0. The van der Waals surface area contributed by atoms with Crippen LogP contribution in [0.2, 0.25) is 0 Å². The Morgan fingerprint density at radius 1 is 0.962 bits per heavy atom. The molecule has 1 amide bonds. The van der Waals surface area contributed by atoms with Gasteiger partial charge >= 0.3 is 12.5 Å². The van der Waals surface area contributed by atoms with Gasteiger partial charge in [0.15, 0.2) is 0 Å². The lowest BCUT2D eigenvalue weighted by Gasteiger charge is -2.26. The minimum Gasteiger partial charge on any atom is -0.473 e. The number of anilines is 1. The second kappa shape index (κ2) is 6.11. The van der Waals surface area contributed by atoms with E-state index in [1.54, 1.807) is 0 Å². The molecule has 2 aromatic rings. The van der Waals surface area contributed by atoms with E-state index in [-0.39, 0.29) is 17.0 Å². The van der Waals surface area contributed by atoms with Crippen LogP contribution in [0.25, 0.3) is 0 Å². The van der Waals surface area contributed by atoms with E-state index in [1.807, 2.05) is 0 Å². The maximum Gasteiger partial charge on any atom is 0.573 e. The second-order valence-corrected chi connectivity index (χ2v) is 5.31. The minimum absolute atomic E-state index is 0.101. The summed E-state index contributed by atoms with van der Waals surface area (Å²) in [6, 6.07) is 6.78. The van der Waals surface area contributed by atoms with E-state index in [0.717, 1.165) is 42.5 Å². The molecule has 2 aromatic carbocycles. The van der Waals surface area contributed by atoms with Crippen molar-refractivity contribution in [3.63, 3.8) is 0 Å². The first kappa shape index (κ1) is 17.9. The third-order valence-corrected chi connectivity index (χ3v) is 3.47. The van der Waals surface area contributed by atoms with Crippen molar-refractivity contribution < 1.29 is 40.6 Å². The summed E-state index contributed by atoms with van der Waals surface area (Å²) in [7, 11) is 0. The van der Waals surface area contributed by atoms with Crippen LogP contribution in [0, 0.1) is 0 Å². The molecule has 1 aliphatic rings. The number of nitrogens with one attached hydrogen (secondary N) is 1. The highest BCUT2D eigenvalue weighted by atomic mass is 19.4. The van der Waals surface area contributed by atoms with E-state index in [9.17, 15) is 31.1 Å². The second-order valence-electron chi connectivity index (χ2n) is 5.31. The van der Waals surface area contributed by atoms with Gasteiger partial charge in [0.25, 0.3) is 5.91 Å². The maximum absolute atomic E-state index is 12.6. The van der Waals surface area contributed by atoms with E-state index in [4.69, 9.17) is 4.74 Å². The Bertz CT molecular complexity index is 829. The van der Waals surface area contributed by atoms with Gasteiger partial charge in [0.2, 0.25) is 6.10 Å². The normalized spacial score (nSPS) is 17.2. The van der Waals surface area contributed by atoms with E-state index >= 15 is 0 Å². The number of carbonyl (C=O) groups excluding carboxylic acids is 1. The predicted molar refractivity (Wildman–Crippen MR) is 76.6 cm³/mol. The first-order valence-corrected chi connectivity index (χ1v) is 7.07. The van der Waals surface area contributed by atoms with Crippen molar-refractivity contribution in [1.82, 2.24) is 0 Å². The number of amides is 1. The molecule has 26 heavy (non-hydrogen) atoms. The van der Waals surface area contributed by atoms with Crippen LogP contribution in [0.15, 0.2) is 42.5 Å². The van der Waals surface area contributed by atoms with E-state index in [1.165, 1.54) is 0 Å². The fourth-order valence-corrected chi connectivity index (χ4v) is 2.35. The van der Waals surface area contributed by atoms with Crippen LogP contribution in [0.1, 0.15) is 17.2 Å². The smallest absolute Gasteiger partial charge is 0.473 e. The summed E-state index contributed by atoms with van der Waals surface area (Å²) in [5.41, 5.74) is -0.672. The number of ether oxygens (including phenoxy) is 2. The summed E-state index contributed by atoms with van der Waals surface area (Å²) in [6.45, 7) is 0. The summed E-state index contributed by atoms with van der Waals surface area (Å²) >= 11 is 0. The Kier molecular flexibility index (Phi) is 4.21. The zero-order valence-electron chi connectivity index (χ0n) is 12.6. The summed E-state index contributed by atoms with van der Waals surface area (Å²) in [5, 5.41) is 2.42. The van der Waals surface area contributed by atoms with Crippen LogP contribution in [0.5, 0.6) is 11.5 Å². The van der Waals surface area contributed by atoms with Crippen molar-refractivity contribution in [2.45, 2.75) is 18.6 Å². The zero-order valence-corrected chi connectivity index (χ0v) is 12.6. The molecule has 10 heteroatoms. The molecular formula is C16H9F6NO3. The third-order valence-electron chi connectivity index (χ3n) is 3.47. The Hall–Kier alpha value is -2.91. The Morgan fingerprint density at radius 2 is 1.62 bits per heavy atom. The summed E-state index contributed by atoms with van der Waals surface area (Å²) in [6.07, 6.45) is -10.8. The maximum atomic E-state index is 12.6. The average Bonchev–Trinajstić information content (AvgIpc) is 2.52. The van der Waals surface area contributed by atoms with Gasteiger partial charge in [-0.25, -0.2) is 0 Å². The molecule has 1 heterocycles. The Balaban J connectivity index is 1.86. The molecule has 0 saturated carbocycles. The third kappa shape index (κ3) is 3.84. The van der Waals surface area contributed by atoms with Crippen molar-refractivity contribution in [1.29, 1.82) is 0 Å². The highest BCUT2D eigenvalue weighted by molar-refractivity contribution is 5.98. The standard InChI is InChI=1S/C16H9F6NO3/c17-15(18,19)9-3-1-8(2-4-9)13-14(24)23-11-6-5-10(7-12(11)25-13)26-16(20,21)22/h1-7,13H,(H,23,24). The molecule has 1 atom stereocenters. The first-order valence-electron chi connectivity index (χ1n) is 7.07. The van der Waals surface area contributed by atoms with Crippen molar-refractivity contribution in [2.24, 2.45) is 0 Å². The van der Waals surface area contributed by atoms with E-state index in [2.05, 4.69) is 10.1 Å². The molecule has 0 bridgehead atoms. The molecule has 1 unspecified atom stereocenters. The number of benzene rings is 2. The highest BCUT2D eigenvalue weighted by Crippen LogP contribution is 2.39. The number of rotatable bonds is 2. The molecule has 3 rings (SSSR count). The van der Waals surface area contributed by atoms with Gasteiger partial charge in [0, 0.05) is 11.6 Å². The van der Waals surface area contributed by atoms with Gasteiger partial charge in [-0.05, 0) is 24.3 Å². The molecule has 4 nitrogen and oxygen atoms in total. The molecule has 0 saturated heterocycles. The van der Waals surface area contributed by atoms with Gasteiger partial charge in [0.05, 0.1) is 11.3 Å². The minimum atomic E-state index is -4.90. The molecule has 0 fully saturated rings. The van der Waals surface area contributed by atoms with Crippen LogP contribution < -0.4 is 14.8 Å². The molecule has 0 radical (unpaired) electrons. The van der Waals surface area contributed by atoms with Crippen LogP contribution in [-0.4, -0.2) is 12.3 Å². The number of hydrogen-bond acceptors (Lipinski definition) is 3. The average molecular weight is 377 g/mol. The van der Waals surface area contributed by atoms with Gasteiger partial charge in [-0.15, -0.1) is 13.2 Å². The SMILES string of the molecule is O=C1Nc2ccc(OC(F)(F)F)cc2OC1c1ccc(C(F)(F)F)cc1. The monoisotopic (exact) mass is 377 g/mol. The molecule has 1 aliphatic heterocycles. The Morgan fingerprint density at radius 3 is 2.19 bits per heavy atom. The zero-order chi connectivity index (χ0) is 19.1. The van der Waals surface area contributed by atoms with Gasteiger partial charge in [0.1, 0.15) is 11.5 Å². The number of fused-ring (bicyclic) bond motifs is 1. The topological polar surface area (TPSA) is 47.6 Å². The molecule has 0 spiro atoms. The van der Waals surface area contributed by atoms with Gasteiger partial charge < -0.3 is 14.8 Å². The number of hydrogen-bond donors (Lipinski definition) is 1. The van der Waals surface area contributed by atoms with Gasteiger partial charge in [-0.1, -0.05) is 12.1 Å². The summed E-state index contributed by atoms with van der Waals surface area (Å²) < 4.78 is 83.8. The van der Waals surface area contributed by atoms with Crippen LogP contribution in [-0.2, 0) is 11.0 Å². The first-order chi connectivity index (χ1) is 12.0. The predicted octanol–water partition coefficient (Wildman–Crippen LogP) is 4.68. The van der Waals surface area contributed by atoms with Crippen molar-refractivity contribution in [2.75, 3.05) is 5.32 Å². The molecular weight excluding hydrogens is 368 g/mol. The largest absolute Gasteiger partial charge is 0.573 e. The summed E-state index contributed by atoms with van der Waals surface area (Å²) in [4.78, 5) is 12.1. The Labute approximate surface area is 142 Å². The van der Waals surface area contributed by atoms with Crippen LogP contribution >= 0.6 is 0 Å². The fourth-order valence-electron chi connectivity index (χ4n) is 2.35. The van der Waals surface area contributed by atoms with Crippen LogP contribution in [0.3, 0.4) is 0 Å². The highest BCUT2D eigenvalue weighted by Gasteiger charge is 2.34. The molecule has 1 N–H and O–H groups in total.